The molecule has 110 valence electrons. The molecule has 20 heavy (non-hydrogen) atoms. The molecule has 1 aromatic carbocycles. The number of ether oxygens (including phenoxy) is 1. The normalized spacial score (nSPS) is 11.2. The second kappa shape index (κ2) is 7.29. The molecule has 0 aliphatic carbocycles. The summed E-state index contributed by atoms with van der Waals surface area (Å²) in [5.41, 5.74) is 7.79. The Bertz CT molecular complexity index is 548. The average Bonchev–Trinajstić information content (AvgIpc) is 2.81. The number of hydrogen-bond acceptors (Lipinski definition) is 3. The Morgan fingerprint density at radius 2 is 2.10 bits per heavy atom. The summed E-state index contributed by atoms with van der Waals surface area (Å²) in [6.07, 6.45) is 5.57. The first-order valence-corrected chi connectivity index (χ1v) is 7.53. The molecule has 1 heterocycles. The van der Waals surface area contributed by atoms with Crippen LogP contribution < -0.4 is 10.5 Å². The van der Waals surface area contributed by atoms with Gasteiger partial charge in [0.2, 0.25) is 0 Å². The van der Waals surface area contributed by atoms with Crippen LogP contribution in [0.25, 0.3) is 11.0 Å². The Labute approximate surface area is 120 Å². The van der Waals surface area contributed by atoms with Gasteiger partial charge in [-0.3, -0.25) is 0 Å². The predicted molar refractivity (Wildman–Crippen MR) is 83.2 cm³/mol. The maximum atomic E-state index is 5.54. The Morgan fingerprint density at radius 1 is 1.25 bits per heavy atom. The smallest absolute Gasteiger partial charge is 0.121 e. The predicted octanol–water partition coefficient (Wildman–Crippen LogP) is 3.13. The van der Waals surface area contributed by atoms with Gasteiger partial charge in [-0.25, -0.2) is 4.98 Å². The second-order valence-electron chi connectivity index (χ2n) is 5.13. The number of aryl methyl sites for hydroxylation is 2. The van der Waals surface area contributed by atoms with Gasteiger partial charge in [0.25, 0.3) is 0 Å². The quantitative estimate of drug-likeness (QED) is 0.753. The molecule has 0 aliphatic rings. The highest BCUT2D eigenvalue weighted by Crippen LogP contribution is 2.23. The molecular weight excluding hydrogens is 250 g/mol. The molecule has 4 nitrogen and oxygen atoms in total. The van der Waals surface area contributed by atoms with Crippen LogP contribution in [0.4, 0.5) is 0 Å². The third kappa shape index (κ3) is 3.31. The van der Waals surface area contributed by atoms with Crippen molar-refractivity contribution < 1.29 is 4.74 Å². The van der Waals surface area contributed by atoms with Crippen LogP contribution in [0.5, 0.6) is 5.75 Å². The second-order valence-corrected chi connectivity index (χ2v) is 5.13. The summed E-state index contributed by atoms with van der Waals surface area (Å²) in [6, 6.07) is 6.14. The van der Waals surface area contributed by atoms with Crippen LogP contribution in [-0.2, 0) is 13.0 Å². The van der Waals surface area contributed by atoms with E-state index in [1.54, 1.807) is 7.11 Å². The molecule has 1 aromatic heterocycles. The van der Waals surface area contributed by atoms with Gasteiger partial charge >= 0.3 is 0 Å². The molecular formula is C16H25N3O. The molecule has 0 atom stereocenters. The minimum Gasteiger partial charge on any atom is -0.497 e. The number of aromatic nitrogens is 2. The number of fused-ring (bicyclic) bond motifs is 1. The third-order valence-electron chi connectivity index (χ3n) is 3.59. The van der Waals surface area contributed by atoms with Gasteiger partial charge in [0.15, 0.2) is 0 Å². The molecule has 2 rings (SSSR count). The molecule has 0 saturated carbocycles. The number of hydrogen-bond donors (Lipinski definition) is 1. The highest BCUT2D eigenvalue weighted by atomic mass is 16.5. The Kier molecular flexibility index (Phi) is 5.41. The zero-order chi connectivity index (χ0) is 14.4. The van der Waals surface area contributed by atoms with Crippen LogP contribution in [0.3, 0.4) is 0 Å². The third-order valence-corrected chi connectivity index (χ3v) is 3.59. The average molecular weight is 275 g/mol. The van der Waals surface area contributed by atoms with E-state index >= 15 is 0 Å². The number of rotatable bonds is 8. The van der Waals surface area contributed by atoms with Gasteiger partial charge in [-0.05, 0) is 37.9 Å². The standard InChI is InChI=1S/C16H25N3O/c1-3-11-19-15-9-8-13(20-2)12-14(15)18-16(19)7-5-4-6-10-17/h8-9,12H,3-7,10-11,17H2,1-2H3. The molecule has 0 spiro atoms. The Morgan fingerprint density at radius 3 is 2.80 bits per heavy atom. The molecule has 0 radical (unpaired) electrons. The van der Waals surface area contributed by atoms with Crippen LogP contribution in [-0.4, -0.2) is 23.2 Å². The van der Waals surface area contributed by atoms with Gasteiger partial charge in [0.05, 0.1) is 18.1 Å². The Hall–Kier alpha value is -1.55. The molecule has 2 aromatic rings. The fourth-order valence-electron chi connectivity index (χ4n) is 2.55. The molecule has 0 saturated heterocycles. The van der Waals surface area contributed by atoms with Crippen molar-refractivity contribution in [3.05, 3.63) is 24.0 Å². The Balaban J connectivity index is 2.24. The van der Waals surface area contributed by atoms with Crippen molar-refractivity contribution in [1.29, 1.82) is 0 Å². The number of imidazole rings is 1. The van der Waals surface area contributed by atoms with Crippen LogP contribution in [0.1, 0.15) is 38.4 Å². The largest absolute Gasteiger partial charge is 0.497 e. The van der Waals surface area contributed by atoms with Crippen molar-refractivity contribution >= 4 is 11.0 Å². The first-order chi connectivity index (χ1) is 9.80. The maximum Gasteiger partial charge on any atom is 0.121 e. The minimum absolute atomic E-state index is 0.780. The lowest BCUT2D eigenvalue weighted by atomic mass is 10.2. The molecule has 2 N–H and O–H groups in total. The first kappa shape index (κ1) is 14.9. The summed E-state index contributed by atoms with van der Waals surface area (Å²) in [5.74, 6) is 2.06. The highest BCUT2D eigenvalue weighted by molar-refractivity contribution is 5.77. The summed E-state index contributed by atoms with van der Waals surface area (Å²) in [5, 5.41) is 0. The van der Waals surface area contributed by atoms with E-state index in [1.165, 1.54) is 17.8 Å². The summed E-state index contributed by atoms with van der Waals surface area (Å²) in [4.78, 5) is 4.79. The summed E-state index contributed by atoms with van der Waals surface area (Å²) in [7, 11) is 1.69. The van der Waals surface area contributed by atoms with Gasteiger partial charge in [-0.1, -0.05) is 13.3 Å². The fraction of sp³-hybridized carbons (Fsp3) is 0.562. The molecule has 0 fully saturated rings. The number of unbranched alkanes of at least 4 members (excludes halogenated alkanes) is 2. The monoisotopic (exact) mass is 275 g/mol. The summed E-state index contributed by atoms with van der Waals surface area (Å²) < 4.78 is 7.63. The van der Waals surface area contributed by atoms with E-state index in [0.717, 1.165) is 50.0 Å². The van der Waals surface area contributed by atoms with Crippen molar-refractivity contribution in [3.8, 4) is 5.75 Å². The van der Waals surface area contributed by atoms with Gasteiger partial charge in [0.1, 0.15) is 11.6 Å². The number of nitrogens with zero attached hydrogens (tertiary/aromatic N) is 2. The zero-order valence-corrected chi connectivity index (χ0v) is 12.6. The van der Waals surface area contributed by atoms with E-state index in [-0.39, 0.29) is 0 Å². The molecule has 0 aliphatic heterocycles. The maximum absolute atomic E-state index is 5.54. The van der Waals surface area contributed by atoms with Crippen LogP contribution in [0.2, 0.25) is 0 Å². The van der Waals surface area contributed by atoms with Crippen LogP contribution >= 0.6 is 0 Å². The number of benzene rings is 1. The van der Waals surface area contributed by atoms with E-state index in [1.807, 2.05) is 12.1 Å². The topological polar surface area (TPSA) is 53.1 Å². The molecule has 0 amide bonds. The van der Waals surface area contributed by atoms with Crippen molar-refractivity contribution in [2.24, 2.45) is 5.73 Å². The van der Waals surface area contributed by atoms with Crippen LogP contribution in [0, 0.1) is 0 Å². The summed E-state index contributed by atoms with van der Waals surface area (Å²) in [6.45, 7) is 4.01. The van der Waals surface area contributed by atoms with E-state index in [4.69, 9.17) is 15.5 Å². The van der Waals surface area contributed by atoms with Gasteiger partial charge in [-0.2, -0.15) is 0 Å². The van der Waals surface area contributed by atoms with Crippen LogP contribution in [0.15, 0.2) is 18.2 Å². The van der Waals surface area contributed by atoms with Crippen molar-refractivity contribution in [2.45, 2.75) is 45.6 Å². The highest BCUT2D eigenvalue weighted by Gasteiger charge is 2.10. The van der Waals surface area contributed by atoms with E-state index < -0.39 is 0 Å². The fourth-order valence-corrected chi connectivity index (χ4v) is 2.55. The lowest BCUT2D eigenvalue weighted by Gasteiger charge is -2.07. The minimum atomic E-state index is 0.780. The SMILES string of the molecule is CCCn1c(CCCCCN)nc2cc(OC)ccc21. The van der Waals surface area contributed by atoms with E-state index in [0.29, 0.717) is 0 Å². The zero-order valence-electron chi connectivity index (χ0n) is 12.6. The van der Waals surface area contributed by atoms with Gasteiger partial charge < -0.3 is 15.0 Å². The molecule has 0 bridgehead atoms. The number of nitrogens with two attached hydrogens (primary N) is 1. The molecule has 0 unspecified atom stereocenters. The lowest BCUT2D eigenvalue weighted by Crippen LogP contribution is -2.04. The van der Waals surface area contributed by atoms with Gasteiger partial charge in [-0.15, -0.1) is 0 Å². The van der Waals surface area contributed by atoms with Crippen molar-refractivity contribution in [3.63, 3.8) is 0 Å². The first-order valence-electron chi connectivity index (χ1n) is 7.53. The van der Waals surface area contributed by atoms with E-state index in [9.17, 15) is 0 Å². The van der Waals surface area contributed by atoms with Crippen molar-refractivity contribution in [2.75, 3.05) is 13.7 Å². The summed E-state index contributed by atoms with van der Waals surface area (Å²) >= 11 is 0. The molecule has 4 heteroatoms. The lowest BCUT2D eigenvalue weighted by molar-refractivity contribution is 0.415. The van der Waals surface area contributed by atoms with Crippen molar-refractivity contribution in [1.82, 2.24) is 9.55 Å². The number of methoxy groups -OCH3 is 1. The van der Waals surface area contributed by atoms with E-state index in [2.05, 4.69) is 17.6 Å². The van der Waals surface area contributed by atoms with Gasteiger partial charge in [0, 0.05) is 19.0 Å².